The number of hydrogen-bond donors (Lipinski definition) is 2. The lowest BCUT2D eigenvalue weighted by Gasteiger charge is -2.10. The molecule has 0 fully saturated rings. The third kappa shape index (κ3) is 8.14. The Morgan fingerprint density at radius 1 is 1.19 bits per heavy atom. The van der Waals surface area contributed by atoms with Crippen molar-refractivity contribution in [3.05, 3.63) is 45.9 Å². The number of hydrogen-bond acceptors (Lipinski definition) is 5. The van der Waals surface area contributed by atoms with Gasteiger partial charge < -0.3 is 10.6 Å². The first-order valence-corrected chi connectivity index (χ1v) is 11.4. The van der Waals surface area contributed by atoms with Crippen molar-refractivity contribution in [1.29, 1.82) is 0 Å². The summed E-state index contributed by atoms with van der Waals surface area (Å²) in [5, 5.41) is 7.66. The number of rotatable bonds is 8. The maximum absolute atomic E-state index is 11.5. The van der Waals surface area contributed by atoms with Crippen molar-refractivity contribution in [2.75, 3.05) is 19.3 Å². The first-order valence-electron chi connectivity index (χ1n) is 8.67. The summed E-state index contributed by atoms with van der Waals surface area (Å²) in [5.41, 5.74) is 0.960. The Bertz CT molecular complexity index is 833. The van der Waals surface area contributed by atoms with Gasteiger partial charge in [0.15, 0.2) is 15.8 Å². The quantitative estimate of drug-likeness (QED) is 0.317. The van der Waals surface area contributed by atoms with Crippen LogP contribution in [0.3, 0.4) is 0 Å². The maximum atomic E-state index is 11.5. The van der Waals surface area contributed by atoms with Crippen molar-refractivity contribution < 1.29 is 8.42 Å². The lowest BCUT2D eigenvalue weighted by Crippen LogP contribution is -2.38. The maximum Gasteiger partial charge on any atom is 0.191 e. The fourth-order valence-corrected chi connectivity index (χ4v) is 3.76. The molecule has 27 heavy (non-hydrogen) atoms. The number of nitrogens with one attached hydrogen (secondary N) is 2. The van der Waals surface area contributed by atoms with Crippen molar-refractivity contribution in [3.8, 4) is 0 Å². The molecule has 1 heterocycles. The number of aromatic nitrogens is 1. The third-order valence-electron chi connectivity index (χ3n) is 3.70. The van der Waals surface area contributed by atoms with E-state index in [1.807, 2.05) is 13.1 Å². The molecule has 1 aromatic heterocycles. The number of halogens is 1. The van der Waals surface area contributed by atoms with Crippen molar-refractivity contribution in [3.63, 3.8) is 0 Å². The summed E-state index contributed by atoms with van der Waals surface area (Å²) in [6, 6.07) is 6.83. The van der Waals surface area contributed by atoms with Gasteiger partial charge >= 0.3 is 0 Å². The van der Waals surface area contributed by atoms with E-state index in [0.29, 0.717) is 11.4 Å². The standard InChI is InChI=1S/C18H26N4O2S2.HI/c1-4-15-13-21-17(25-15)10-11-20-18(19-5-2)22-12-14-6-8-16(9-7-14)26(3,23)24;/h6-9,13H,4-5,10-12H2,1-3H3,(H2,19,20,22);1H. The molecule has 0 saturated carbocycles. The van der Waals surface area contributed by atoms with E-state index in [9.17, 15) is 8.42 Å². The molecule has 0 aliphatic carbocycles. The second-order valence-corrected chi connectivity index (χ2v) is 9.08. The number of nitrogens with zero attached hydrogens (tertiary/aromatic N) is 2. The Morgan fingerprint density at radius 3 is 2.44 bits per heavy atom. The summed E-state index contributed by atoms with van der Waals surface area (Å²) >= 11 is 1.75. The van der Waals surface area contributed by atoms with Crippen LogP contribution in [-0.2, 0) is 29.2 Å². The summed E-state index contributed by atoms with van der Waals surface area (Å²) in [6.07, 6.45) is 5.03. The summed E-state index contributed by atoms with van der Waals surface area (Å²) in [7, 11) is -3.16. The van der Waals surface area contributed by atoms with E-state index >= 15 is 0 Å². The van der Waals surface area contributed by atoms with Crippen LogP contribution in [-0.4, -0.2) is 38.7 Å². The molecule has 0 aliphatic heterocycles. The van der Waals surface area contributed by atoms with Crippen molar-refractivity contribution in [2.45, 2.75) is 38.1 Å². The van der Waals surface area contributed by atoms with Crippen LogP contribution in [0.2, 0.25) is 0 Å². The zero-order valence-electron chi connectivity index (χ0n) is 15.9. The van der Waals surface area contributed by atoms with Gasteiger partial charge in [-0.2, -0.15) is 0 Å². The topological polar surface area (TPSA) is 83.5 Å². The molecule has 0 spiro atoms. The monoisotopic (exact) mass is 522 g/mol. The van der Waals surface area contributed by atoms with Gasteiger partial charge in [-0.3, -0.25) is 0 Å². The van der Waals surface area contributed by atoms with Crippen LogP contribution >= 0.6 is 35.3 Å². The molecule has 0 bridgehead atoms. The molecule has 2 aromatic rings. The first-order chi connectivity index (χ1) is 12.4. The van der Waals surface area contributed by atoms with Gasteiger partial charge in [-0.15, -0.1) is 35.3 Å². The average Bonchev–Trinajstić information content (AvgIpc) is 3.07. The average molecular weight is 522 g/mol. The Labute approximate surface area is 182 Å². The van der Waals surface area contributed by atoms with Crippen LogP contribution in [0.25, 0.3) is 0 Å². The van der Waals surface area contributed by atoms with E-state index in [4.69, 9.17) is 0 Å². The fraction of sp³-hybridized carbons (Fsp3) is 0.444. The predicted octanol–water partition coefficient (Wildman–Crippen LogP) is 3.02. The van der Waals surface area contributed by atoms with Crippen molar-refractivity contribution in [1.82, 2.24) is 15.6 Å². The minimum Gasteiger partial charge on any atom is -0.357 e. The molecule has 2 rings (SSSR count). The number of sulfone groups is 1. The lowest BCUT2D eigenvalue weighted by atomic mass is 10.2. The van der Waals surface area contributed by atoms with Crippen LogP contribution in [0.5, 0.6) is 0 Å². The van der Waals surface area contributed by atoms with Gasteiger partial charge in [-0.25, -0.2) is 18.4 Å². The molecule has 0 aliphatic rings. The smallest absolute Gasteiger partial charge is 0.191 e. The van der Waals surface area contributed by atoms with Crippen LogP contribution < -0.4 is 10.6 Å². The van der Waals surface area contributed by atoms with Gasteiger partial charge in [0.05, 0.1) is 16.4 Å². The SMILES string of the molecule is CCNC(=NCc1ccc(S(C)(=O)=O)cc1)NCCc1ncc(CC)s1.I. The van der Waals surface area contributed by atoms with E-state index in [1.54, 1.807) is 35.6 Å². The second-order valence-electron chi connectivity index (χ2n) is 5.86. The van der Waals surface area contributed by atoms with Crippen LogP contribution in [0.4, 0.5) is 0 Å². The molecule has 0 saturated heterocycles. The Hall–Kier alpha value is -1.20. The lowest BCUT2D eigenvalue weighted by molar-refractivity contribution is 0.602. The number of guanidine groups is 1. The summed E-state index contributed by atoms with van der Waals surface area (Å²) in [4.78, 5) is 10.6. The molecule has 6 nitrogen and oxygen atoms in total. The van der Waals surface area contributed by atoms with Crippen molar-refractivity contribution in [2.24, 2.45) is 4.99 Å². The molecule has 0 amide bonds. The van der Waals surface area contributed by atoms with Gasteiger partial charge in [0.1, 0.15) is 0 Å². The predicted molar refractivity (Wildman–Crippen MR) is 123 cm³/mol. The van der Waals surface area contributed by atoms with Gasteiger partial charge in [0.2, 0.25) is 0 Å². The highest BCUT2D eigenvalue weighted by Crippen LogP contribution is 2.13. The van der Waals surface area contributed by atoms with Gasteiger partial charge in [-0.05, 0) is 31.0 Å². The Morgan fingerprint density at radius 2 is 1.89 bits per heavy atom. The van der Waals surface area contributed by atoms with Crippen LogP contribution in [0, 0.1) is 0 Å². The van der Waals surface area contributed by atoms with E-state index < -0.39 is 9.84 Å². The molecule has 0 atom stereocenters. The molecule has 0 radical (unpaired) electrons. The van der Waals surface area contributed by atoms with Crippen LogP contribution in [0.15, 0.2) is 40.4 Å². The molecule has 2 N–H and O–H groups in total. The zero-order valence-corrected chi connectivity index (χ0v) is 19.8. The highest BCUT2D eigenvalue weighted by molar-refractivity contribution is 14.0. The van der Waals surface area contributed by atoms with Gasteiger partial charge in [-0.1, -0.05) is 19.1 Å². The van der Waals surface area contributed by atoms with E-state index in [-0.39, 0.29) is 24.0 Å². The summed E-state index contributed by atoms with van der Waals surface area (Å²) in [6.45, 7) is 6.17. The van der Waals surface area contributed by atoms with E-state index in [2.05, 4.69) is 27.5 Å². The largest absolute Gasteiger partial charge is 0.357 e. The van der Waals surface area contributed by atoms with Gasteiger partial charge in [0.25, 0.3) is 0 Å². The van der Waals surface area contributed by atoms with Crippen molar-refractivity contribution >= 4 is 51.1 Å². The number of benzene rings is 1. The van der Waals surface area contributed by atoms with Gasteiger partial charge in [0, 0.05) is 36.8 Å². The minimum absolute atomic E-state index is 0. The number of thiazole rings is 1. The molecule has 1 aromatic carbocycles. The first kappa shape index (κ1) is 23.8. The Kier molecular flexibility index (Phi) is 10.2. The van der Waals surface area contributed by atoms with E-state index in [1.165, 1.54) is 11.1 Å². The second kappa shape index (κ2) is 11.6. The minimum atomic E-state index is -3.16. The highest BCUT2D eigenvalue weighted by Gasteiger charge is 2.06. The van der Waals surface area contributed by atoms with E-state index in [0.717, 1.165) is 42.5 Å². The molecule has 9 heteroatoms. The Balaban J connectivity index is 0.00000364. The highest BCUT2D eigenvalue weighted by atomic mass is 127. The molecular weight excluding hydrogens is 495 g/mol. The normalized spacial score (nSPS) is 11.7. The van der Waals surface area contributed by atoms with Crippen LogP contribution in [0.1, 0.15) is 29.3 Å². The third-order valence-corrected chi connectivity index (χ3v) is 6.03. The fourth-order valence-electron chi connectivity index (χ4n) is 2.27. The summed E-state index contributed by atoms with van der Waals surface area (Å²) in [5.74, 6) is 0.743. The molecule has 0 unspecified atom stereocenters. The molecule has 150 valence electrons. The number of aryl methyl sites for hydroxylation is 1. The summed E-state index contributed by atoms with van der Waals surface area (Å²) < 4.78 is 23.0. The zero-order chi connectivity index (χ0) is 19.0. The number of aliphatic imine (C=N–C) groups is 1. The molecular formula is C18H27IN4O2S2.